The number of fused-ring (bicyclic) bond motifs is 1. The van der Waals surface area contributed by atoms with Crippen molar-refractivity contribution in [2.24, 2.45) is 0 Å². The second-order valence-corrected chi connectivity index (χ2v) is 5.59. The highest BCUT2D eigenvalue weighted by Gasteiger charge is 2.30. The van der Waals surface area contributed by atoms with Crippen molar-refractivity contribution in [1.29, 1.82) is 0 Å². The Morgan fingerprint density at radius 3 is 2.35 bits per heavy atom. The molecule has 6 nitrogen and oxygen atoms in total. The van der Waals surface area contributed by atoms with Crippen molar-refractivity contribution in [1.82, 2.24) is 4.57 Å². The fourth-order valence-electron chi connectivity index (χ4n) is 2.78. The van der Waals surface area contributed by atoms with Crippen LogP contribution in [0.25, 0.3) is 10.9 Å². The van der Waals surface area contributed by atoms with Gasteiger partial charge in [-0.15, -0.1) is 0 Å². The number of aromatic carboxylic acids is 1. The molecule has 0 unspecified atom stereocenters. The minimum absolute atomic E-state index is 0.106. The van der Waals surface area contributed by atoms with Crippen molar-refractivity contribution in [3.05, 3.63) is 75.5 Å². The van der Waals surface area contributed by atoms with E-state index in [1.807, 2.05) is 0 Å². The van der Waals surface area contributed by atoms with E-state index in [4.69, 9.17) is 0 Å². The van der Waals surface area contributed by atoms with Crippen LogP contribution in [0.5, 0.6) is 0 Å². The van der Waals surface area contributed by atoms with Crippen LogP contribution in [0.1, 0.15) is 21.6 Å². The number of non-ortho nitro benzene ring substituents is 1. The van der Waals surface area contributed by atoms with Crippen LogP contribution in [0.4, 0.5) is 18.9 Å². The average molecular weight is 364 g/mol. The molecule has 134 valence electrons. The van der Waals surface area contributed by atoms with Gasteiger partial charge in [0.2, 0.25) is 0 Å². The summed E-state index contributed by atoms with van der Waals surface area (Å²) < 4.78 is 39.2. The highest BCUT2D eigenvalue weighted by atomic mass is 19.4. The molecule has 3 aromatic rings. The first-order valence-corrected chi connectivity index (χ1v) is 7.34. The third kappa shape index (κ3) is 3.10. The number of hydrogen-bond acceptors (Lipinski definition) is 3. The topological polar surface area (TPSA) is 85.4 Å². The SMILES string of the molecule is O=C(O)c1cc2cccc([N+](=O)[O-])c2n1Cc1ccc(C(F)(F)F)cc1. The number of rotatable bonds is 4. The number of aromatic nitrogens is 1. The fraction of sp³-hybridized carbons (Fsp3) is 0.118. The lowest BCUT2D eigenvalue weighted by molar-refractivity contribution is -0.383. The molecule has 26 heavy (non-hydrogen) atoms. The van der Waals surface area contributed by atoms with Gasteiger partial charge in [0, 0.05) is 18.0 Å². The Morgan fingerprint density at radius 2 is 1.81 bits per heavy atom. The van der Waals surface area contributed by atoms with Crippen LogP contribution in [0, 0.1) is 10.1 Å². The van der Waals surface area contributed by atoms with Gasteiger partial charge in [-0.25, -0.2) is 4.79 Å². The van der Waals surface area contributed by atoms with Gasteiger partial charge in [-0.05, 0) is 23.8 Å². The molecule has 3 rings (SSSR count). The third-order valence-corrected chi connectivity index (χ3v) is 3.94. The van der Waals surface area contributed by atoms with Gasteiger partial charge in [-0.2, -0.15) is 13.2 Å². The first-order chi connectivity index (χ1) is 12.2. The molecule has 9 heteroatoms. The third-order valence-electron chi connectivity index (χ3n) is 3.94. The van der Waals surface area contributed by atoms with Crippen LogP contribution in [-0.2, 0) is 12.7 Å². The van der Waals surface area contributed by atoms with Crippen molar-refractivity contribution >= 4 is 22.6 Å². The summed E-state index contributed by atoms with van der Waals surface area (Å²) in [5, 5.41) is 21.0. The highest BCUT2D eigenvalue weighted by Crippen LogP contribution is 2.31. The summed E-state index contributed by atoms with van der Waals surface area (Å²) in [6, 6.07) is 9.73. The summed E-state index contributed by atoms with van der Waals surface area (Å²) in [7, 11) is 0. The average Bonchev–Trinajstić information content (AvgIpc) is 2.93. The Morgan fingerprint density at radius 1 is 1.15 bits per heavy atom. The van der Waals surface area contributed by atoms with Crippen molar-refractivity contribution in [2.45, 2.75) is 12.7 Å². The summed E-state index contributed by atoms with van der Waals surface area (Å²) in [5.41, 5.74) is -0.801. The van der Waals surface area contributed by atoms with Gasteiger partial charge in [0.15, 0.2) is 0 Å². The quantitative estimate of drug-likeness (QED) is 0.552. The van der Waals surface area contributed by atoms with Crippen molar-refractivity contribution in [3.8, 4) is 0 Å². The number of nitrogens with zero attached hydrogens (tertiary/aromatic N) is 2. The minimum Gasteiger partial charge on any atom is -0.477 e. The van der Waals surface area contributed by atoms with E-state index in [0.717, 1.165) is 12.1 Å². The van der Waals surface area contributed by atoms with E-state index in [0.29, 0.717) is 10.9 Å². The van der Waals surface area contributed by atoms with Crippen LogP contribution >= 0.6 is 0 Å². The first kappa shape index (κ1) is 17.5. The van der Waals surface area contributed by atoms with Gasteiger partial charge >= 0.3 is 12.1 Å². The van der Waals surface area contributed by atoms with E-state index in [1.54, 1.807) is 0 Å². The van der Waals surface area contributed by atoms with Gasteiger partial charge in [0.25, 0.3) is 5.69 Å². The summed E-state index contributed by atoms with van der Waals surface area (Å²) in [5.74, 6) is -1.29. The molecule has 0 amide bonds. The molecule has 0 aliphatic heterocycles. The van der Waals surface area contributed by atoms with Crippen LogP contribution in [0.3, 0.4) is 0 Å². The summed E-state index contributed by atoms with van der Waals surface area (Å²) in [6.07, 6.45) is -4.48. The van der Waals surface area contributed by atoms with E-state index in [1.165, 1.54) is 41.0 Å². The number of alkyl halides is 3. The van der Waals surface area contributed by atoms with Gasteiger partial charge in [0.1, 0.15) is 11.2 Å². The van der Waals surface area contributed by atoms with E-state index in [-0.39, 0.29) is 23.4 Å². The predicted octanol–water partition coefficient (Wildman–Crippen LogP) is 4.31. The Hall–Kier alpha value is -3.36. The van der Waals surface area contributed by atoms with Gasteiger partial charge in [-0.1, -0.05) is 24.3 Å². The smallest absolute Gasteiger partial charge is 0.416 e. The predicted molar refractivity (Wildman–Crippen MR) is 86.1 cm³/mol. The molecule has 0 radical (unpaired) electrons. The van der Waals surface area contributed by atoms with Crippen LogP contribution in [0.2, 0.25) is 0 Å². The normalized spacial score (nSPS) is 11.7. The lowest BCUT2D eigenvalue weighted by Gasteiger charge is -2.11. The molecule has 0 bridgehead atoms. The zero-order valence-corrected chi connectivity index (χ0v) is 13.0. The molecule has 0 saturated carbocycles. The standard InChI is InChI=1S/C17H11F3N2O4/c18-17(19,20)12-6-4-10(5-7-12)9-21-14(16(23)24)8-11-2-1-3-13(15(11)21)22(25)26/h1-8H,9H2,(H,23,24). The van der Waals surface area contributed by atoms with Crippen LogP contribution < -0.4 is 0 Å². The number of halogens is 3. The largest absolute Gasteiger partial charge is 0.477 e. The Kier molecular flexibility index (Phi) is 4.15. The number of benzene rings is 2. The second kappa shape index (κ2) is 6.17. The van der Waals surface area contributed by atoms with Gasteiger partial charge < -0.3 is 9.67 Å². The van der Waals surface area contributed by atoms with Crippen LogP contribution in [0.15, 0.2) is 48.5 Å². The van der Waals surface area contributed by atoms with Crippen molar-refractivity contribution in [2.75, 3.05) is 0 Å². The van der Waals surface area contributed by atoms with Crippen LogP contribution in [-0.4, -0.2) is 20.6 Å². The molecule has 1 heterocycles. The number of carboxylic acid groups (broad SMARTS) is 1. The zero-order chi connectivity index (χ0) is 19.1. The first-order valence-electron chi connectivity index (χ1n) is 7.34. The van der Waals surface area contributed by atoms with Gasteiger partial charge in [0.05, 0.1) is 10.5 Å². The summed E-state index contributed by atoms with van der Waals surface area (Å²) >= 11 is 0. The summed E-state index contributed by atoms with van der Waals surface area (Å²) in [6.45, 7) is -0.117. The molecular formula is C17H11F3N2O4. The minimum atomic E-state index is -4.48. The molecule has 0 fully saturated rings. The van der Waals surface area contributed by atoms with E-state index in [2.05, 4.69) is 0 Å². The molecular weight excluding hydrogens is 353 g/mol. The molecule has 1 N–H and O–H groups in total. The number of carboxylic acids is 1. The number of hydrogen-bond donors (Lipinski definition) is 1. The highest BCUT2D eigenvalue weighted by molar-refractivity contribution is 5.98. The molecule has 0 saturated heterocycles. The molecule has 1 aromatic heterocycles. The maximum absolute atomic E-state index is 12.7. The Labute approximate surface area is 144 Å². The number of nitro groups is 1. The summed E-state index contributed by atoms with van der Waals surface area (Å²) in [4.78, 5) is 22.2. The Balaban J connectivity index is 2.13. The van der Waals surface area contributed by atoms with Crippen molar-refractivity contribution in [3.63, 3.8) is 0 Å². The number of carbonyl (C=O) groups is 1. The Bertz CT molecular complexity index is 1010. The number of nitro benzene ring substituents is 1. The van der Waals surface area contributed by atoms with Crippen molar-refractivity contribution < 1.29 is 28.0 Å². The van der Waals surface area contributed by atoms with Gasteiger partial charge in [-0.3, -0.25) is 10.1 Å². The number of para-hydroxylation sites is 1. The molecule has 0 spiro atoms. The molecule has 0 atom stereocenters. The lowest BCUT2D eigenvalue weighted by atomic mass is 10.1. The molecule has 2 aromatic carbocycles. The van der Waals surface area contributed by atoms with E-state index in [9.17, 15) is 33.2 Å². The zero-order valence-electron chi connectivity index (χ0n) is 13.0. The van der Waals surface area contributed by atoms with E-state index >= 15 is 0 Å². The molecule has 0 aliphatic rings. The second-order valence-electron chi connectivity index (χ2n) is 5.59. The maximum atomic E-state index is 12.7. The fourth-order valence-corrected chi connectivity index (χ4v) is 2.78. The monoisotopic (exact) mass is 364 g/mol. The molecule has 0 aliphatic carbocycles. The van der Waals surface area contributed by atoms with E-state index < -0.39 is 22.6 Å². The lowest BCUT2D eigenvalue weighted by Crippen LogP contribution is -2.11. The maximum Gasteiger partial charge on any atom is 0.416 e.